The highest BCUT2D eigenvalue weighted by Gasteiger charge is 1.93. The molecule has 0 aromatic rings. The lowest BCUT2D eigenvalue weighted by Gasteiger charge is -1.99. The first-order chi connectivity index (χ1) is 9.77. The van der Waals surface area contributed by atoms with E-state index in [1.54, 1.807) is 6.92 Å². The van der Waals surface area contributed by atoms with Crippen LogP contribution < -0.4 is 0 Å². The molecule has 0 amide bonds. The fourth-order valence-corrected chi connectivity index (χ4v) is 2.44. The Morgan fingerprint density at radius 1 is 0.700 bits per heavy atom. The van der Waals surface area contributed by atoms with Gasteiger partial charge >= 0.3 is 0 Å². The molecule has 0 bridgehead atoms. The van der Waals surface area contributed by atoms with Crippen molar-refractivity contribution in [2.75, 3.05) is 0 Å². The minimum absolute atomic E-state index is 0.333. The first kappa shape index (κ1) is 19.4. The largest absolute Gasteiger partial charge is 0.300 e. The first-order valence-corrected chi connectivity index (χ1v) is 8.91. The first-order valence-electron chi connectivity index (χ1n) is 8.91. The van der Waals surface area contributed by atoms with E-state index in [-0.39, 0.29) is 0 Å². The van der Waals surface area contributed by atoms with Crippen LogP contribution in [0.1, 0.15) is 104 Å². The van der Waals surface area contributed by atoms with Crippen molar-refractivity contribution >= 4 is 5.78 Å². The molecular weight excluding hydrogens is 244 g/mol. The maximum atomic E-state index is 10.8. The number of carbonyl (C=O) groups is 1. The Balaban J connectivity index is 3.07. The highest BCUT2D eigenvalue weighted by molar-refractivity contribution is 5.75. The highest BCUT2D eigenvalue weighted by atomic mass is 16.1. The summed E-state index contributed by atoms with van der Waals surface area (Å²) in [4.78, 5) is 10.8. The lowest BCUT2D eigenvalue weighted by Crippen LogP contribution is -1.88. The van der Waals surface area contributed by atoms with Crippen LogP contribution in [-0.2, 0) is 4.79 Å². The van der Waals surface area contributed by atoms with Gasteiger partial charge in [0.15, 0.2) is 0 Å². The summed E-state index contributed by atoms with van der Waals surface area (Å²) in [6.45, 7) is 3.96. The van der Waals surface area contributed by atoms with Crippen molar-refractivity contribution in [1.82, 2.24) is 0 Å². The fourth-order valence-electron chi connectivity index (χ4n) is 2.44. The maximum Gasteiger partial charge on any atom is 0.129 e. The van der Waals surface area contributed by atoms with Gasteiger partial charge in [0.05, 0.1) is 0 Å². The normalized spacial score (nSPS) is 11.3. The van der Waals surface area contributed by atoms with Crippen LogP contribution in [0.2, 0.25) is 0 Å². The smallest absolute Gasteiger partial charge is 0.129 e. The maximum absolute atomic E-state index is 10.8. The van der Waals surface area contributed by atoms with Crippen LogP contribution in [0.5, 0.6) is 0 Å². The zero-order valence-electron chi connectivity index (χ0n) is 14.0. The second-order valence-electron chi connectivity index (χ2n) is 6.04. The Bertz CT molecular complexity index is 230. The molecule has 0 radical (unpaired) electrons. The molecule has 0 aromatic heterocycles. The molecule has 0 aliphatic carbocycles. The number of hydrogen-bond donors (Lipinski definition) is 0. The predicted octanol–water partition coefficient (Wildman–Crippen LogP) is 6.61. The Kier molecular flexibility index (Phi) is 16.0. The lowest BCUT2D eigenvalue weighted by molar-refractivity contribution is -0.117. The van der Waals surface area contributed by atoms with Crippen molar-refractivity contribution in [2.24, 2.45) is 0 Å². The Morgan fingerprint density at radius 2 is 1.15 bits per heavy atom. The molecule has 0 saturated carbocycles. The average molecular weight is 280 g/mol. The van der Waals surface area contributed by atoms with Crippen molar-refractivity contribution in [3.05, 3.63) is 12.2 Å². The van der Waals surface area contributed by atoms with Crippen LogP contribution in [0.25, 0.3) is 0 Å². The minimum atomic E-state index is 0.333. The molecule has 0 atom stereocenters. The van der Waals surface area contributed by atoms with Crippen LogP contribution in [0.3, 0.4) is 0 Å². The van der Waals surface area contributed by atoms with Gasteiger partial charge in [-0.3, -0.25) is 0 Å². The number of ketones is 1. The quantitative estimate of drug-likeness (QED) is 0.243. The molecule has 0 aliphatic heterocycles. The van der Waals surface area contributed by atoms with Crippen molar-refractivity contribution in [2.45, 2.75) is 104 Å². The summed E-state index contributed by atoms with van der Waals surface area (Å²) in [7, 11) is 0. The third-order valence-electron chi connectivity index (χ3n) is 3.79. The molecule has 0 unspecified atom stereocenters. The molecule has 1 heteroatoms. The summed E-state index contributed by atoms with van der Waals surface area (Å²) in [6, 6.07) is 0. The van der Waals surface area contributed by atoms with Crippen molar-refractivity contribution in [3.63, 3.8) is 0 Å². The topological polar surface area (TPSA) is 17.1 Å². The fraction of sp³-hybridized carbons (Fsp3) is 0.842. The predicted molar refractivity (Wildman–Crippen MR) is 90.1 cm³/mol. The molecule has 0 rings (SSSR count). The molecular formula is C19H36O. The van der Waals surface area contributed by atoms with Gasteiger partial charge in [-0.25, -0.2) is 0 Å². The summed E-state index contributed by atoms with van der Waals surface area (Å²) in [5, 5.41) is 0. The van der Waals surface area contributed by atoms with Crippen molar-refractivity contribution in [3.8, 4) is 0 Å². The van der Waals surface area contributed by atoms with Gasteiger partial charge in [0.1, 0.15) is 5.78 Å². The van der Waals surface area contributed by atoms with Gasteiger partial charge in [-0.2, -0.15) is 0 Å². The van der Waals surface area contributed by atoms with E-state index in [2.05, 4.69) is 19.1 Å². The Morgan fingerprint density at radius 3 is 1.65 bits per heavy atom. The average Bonchev–Trinajstić information content (AvgIpc) is 2.43. The van der Waals surface area contributed by atoms with Gasteiger partial charge in [-0.05, 0) is 39.0 Å². The van der Waals surface area contributed by atoms with Gasteiger partial charge in [0.25, 0.3) is 0 Å². The van der Waals surface area contributed by atoms with Gasteiger partial charge < -0.3 is 4.79 Å². The number of unbranched alkanes of at least 4 members (excludes halogenated alkanes) is 11. The lowest BCUT2D eigenvalue weighted by atomic mass is 10.1. The number of carbonyl (C=O) groups excluding carboxylic acids is 1. The van der Waals surface area contributed by atoms with E-state index >= 15 is 0 Å². The van der Waals surface area contributed by atoms with Crippen molar-refractivity contribution in [1.29, 1.82) is 0 Å². The van der Waals surface area contributed by atoms with E-state index in [0.29, 0.717) is 5.78 Å². The number of allylic oxidation sites excluding steroid dienone is 2. The Labute approximate surface area is 127 Å². The van der Waals surface area contributed by atoms with Gasteiger partial charge in [-0.15, -0.1) is 0 Å². The summed E-state index contributed by atoms with van der Waals surface area (Å²) in [6.07, 6.45) is 22.6. The van der Waals surface area contributed by atoms with Crippen LogP contribution in [-0.4, -0.2) is 5.78 Å². The highest BCUT2D eigenvalue weighted by Crippen LogP contribution is 2.10. The molecule has 0 spiro atoms. The van der Waals surface area contributed by atoms with Gasteiger partial charge in [0.2, 0.25) is 0 Å². The molecule has 0 aromatic carbocycles. The summed E-state index contributed by atoms with van der Waals surface area (Å²) in [5.74, 6) is 0.333. The second-order valence-corrected chi connectivity index (χ2v) is 6.04. The monoisotopic (exact) mass is 280 g/mol. The number of rotatable bonds is 15. The van der Waals surface area contributed by atoms with E-state index in [1.165, 1.54) is 77.0 Å². The molecule has 20 heavy (non-hydrogen) atoms. The number of Topliss-reactive ketones (excluding diaryl/α,β-unsaturated/α-hetero) is 1. The molecule has 0 aliphatic rings. The standard InChI is InChI=1S/C19H36O/c1-3-4-5-6-7-8-9-10-11-12-13-14-15-16-17-18-19(2)20/h11-12H,3-10,13-18H2,1-2H3. The summed E-state index contributed by atoms with van der Waals surface area (Å²) < 4.78 is 0. The van der Waals surface area contributed by atoms with Crippen LogP contribution in [0, 0.1) is 0 Å². The summed E-state index contributed by atoms with van der Waals surface area (Å²) >= 11 is 0. The van der Waals surface area contributed by atoms with Crippen molar-refractivity contribution < 1.29 is 4.79 Å². The van der Waals surface area contributed by atoms with E-state index in [9.17, 15) is 4.79 Å². The third-order valence-corrected chi connectivity index (χ3v) is 3.79. The van der Waals surface area contributed by atoms with E-state index in [1.807, 2.05) is 0 Å². The van der Waals surface area contributed by atoms with Gasteiger partial charge in [-0.1, -0.05) is 70.4 Å². The van der Waals surface area contributed by atoms with E-state index in [4.69, 9.17) is 0 Å². The van der Waals surface area contributed by atoms with Crippen LogP contribution in [0.4, 0.5) is 0 Å². The Hall–Kier alpha value is -0.590. The zero-order valence-corrected chi connectivity index (χ0v) is 14.0. The molecule has 118 valence electrons. The van der Waals surface area contributed by atoms with Crippen LogP contribution >= 0.6 is 0 Å². The molecule has 0 saturated heterocycles. The van der Waals surface area contributed by atoms with E-state index < -0.39 is 0 Å². The summed E-state index contributed by atoms with van der Waals surface area (Å²) in [5.41, 5.74) is 0. The second kappa shape index (κ2) is 16.5. The molecule has 0 heterocycles. The van der Waals surface area contributed by atoms with Crippen LogP contribution in [0.15, 0.2) is 12.2 Å². The third kappa shape index (κ3) is 17.4. The minimum Gasteiger partial charge on any atom is -0.300 e. The molecule has 0 fully saturated rings. The van der Waals surface area contributed by atoms with E-state index in [0.717, 1.165) is 12.8 Å². The molecule has 0 N–H and O–H groups in total. The number of hydrogen-bond acceptors (Lipinski definition) is 1. The zero-order chi connectivity index (χ0) is 14.9. The molecule has 1 nitrogen and oxygen atoms in total. The SMILES string of the molecule is CCCCCCCCCC=CCCCCCCC(C)=O. The van der Waals surface area contributed by atoms with Gasteiger partial charge in [0, 0.05) is 6.42 Å².